The molecule has 0 bridgehead atoms. The SMILES string of the molecule is Cn1c(-c2ccc(F)cc2Br)nnc1C(C)(C)Oc1ccc(Cl)cc1. The van der Waals surface area contributed by atoms with Gasteiger partial charge in [0.25, 0.3) is 0 Å². The minimum Gasteiger partial charge on any atom is -0.480 e. The number of hydrogen-bond acceptors (Lipinski definition) is 3. The van der Waals surface area contributed by atoms with Gasteiger partial charge in [-0.15, -0.1) is 10.2 Å². The maximum atomic E-state index is 13.3. The predicted octanol–water partition coefficient (Wildman–Crippen LogP) is 5.35. The van der Waals surface area contributed by atoms with Crippen LogP contribution in [0.2, 0.25) is 5.02 Å². The maximum absolute atomic E-state index is 13.3. The first-order valence-corrected chi connectivity index (χ1v) is 8.75. The molecule has 4 nitrogen and oxygen atoms in total. The first-order valence-electron chi connectivity index (χ1n) is 7.58. The molecule has 1 aromatic heterocycles. The largest absolute Gasteiger partial charge is 0.480 e. The van der Waals surface area contributed by atoms with Gasteiger partial charge in [0, 0.05) is 22.1 Å². The second kappa shape index (κ2) is 6.77. The third-order valence-corrected chi connectivity index (χ3v) is 4.68. The molecule has 130 valence electrons. The van der Waals surface area contributed by atoms with Crippen LogP contribution in [-0.4, -0.2) is 14.8 Å². The Bertz CT molecular complexity index is 909. The summed E-state index contributed by atoms with van der Waals surface area (Å²) in [4.78, 5) is 0. The van der Waals surface area contributed by atoms with Crippen LogP contribution in [0.25, 0.3) is 11.4 Å². The topological polar surface area (TPSA) is 39.9 Å². The lowest BCUT2D eigenvalue weighted by Crippen LogP contribution is -2.29. The zero-order valence-corrected chi connectivity index (χ0v) is 16.3. The lowest BCUT2D eigenvalue weighted by atomic mass is 10.1. The van der Waals surface area contributed by atoms with Gasteiger partial charge in [-0.3, -0.25) is 0 Å². The van der Waals surface area contributed by atoms with Crippen LogP contribution in [0.3, 0.4) is 0 Å². The van der Waals surface area contributed by atoms with Crippen molar-refractivity contribution in [2.45, 2.75) is 19.4 Å². The fourth-order valence-corrected chi connectivity index (χ4v) is 3.26. The van der Waals surface area contributed by atoms with Crippen LogP contribution in [0.5, 0.6) is 5.75 Å². The van der Waals surface area contributed by atoms with Gasteiger partial charge >= 0.3 is 0 Å². The molecule has 0 spiro atoms. The van der Waals surface area contributed by atoms with E-state index >= 15 is 0 Å². The van der Waals surface area contributed by atoms with Crippen LogP contribution < -0.4 is 4.74 Å². The highest BCUT2D eigenvalue weighted by molar-refractivity contribution is 9.10. The van der Waals surface area contributed by atoms with E-state index in [0.717, 1.165) is 5.56 Å². The summed E-state index contributed by atoms with van der Waals surface area (Å²) in [6, 6.07) is 11.6. The number of nitrogens with zero attached hydrogens (tertiary/aromatic N) is 3. The smallest absolute Gasteiger partial charge is 0.176 e. The van der Waals surface area contributed by atoms with Crippen LogP contribution in [-0.2, 0) is 12.6 Å². The Morgan fingerprint density at radius 1 is 1.12 bits per heavy atom. The lowest BCUT2D eigenvalue weighted by Gasteiger charge is -2.25. The molecule has 0 aliphatic rings. The van der Waals surface area contributed by atoms with Crippen molar-refractivity contribution >= 4 is 27.5 Å². The van der Waals surface area contributed by atoms with Crippen LogP contribution in [0.4, 0.5) is 4.39 Å². The number of ether oxygens (including phenoxy) is 1. The highest BCUT2D eigenvalue weighted by Crippen LogP contribution is 2.32. The van der Waals surface area contributed by atoms with E-state index in [0.29, 0.717) is 26.9 Å². The molecular formula is C18H16BrClFN3O. The molecule has 0 radical (unpaired) electrons. The number of rotatable bonds is 4. The van der Waals surface area contributed by atoms with E-state index in [1.165, 1.54) is 12.1 Å². The minimum atomic E-state index is -0.722. The molecule has 0 atom stereocenters. The van der Waals surface area contributed by atoms with Gasteiger partial charge in [-0.05, 0) is 72.2 Å². The van der Waals surface area contributed by atoms with Gasteiger partial charge < -0.3 is 9.30 Å². The monoisotopic (exact) mass is 423 g/mol. The van der Waals surface area contributed by atoms with E-state index in [4.69, 9.17) is 16.3 Å². The molecule has 25 heavy (non-hydrogen) atoms. The van der Waals surface area contributed by atoms with Crippen LogP contribution in [0, 0.1) is 5.82 Å². The number of benzene rings is 2. The van der Waals surface area contributed by atoms with Gasteiger partial charge in [0.05, 0.1) is 0 Å². The zero-order valence-electron chi connectivity index (χ0n) is 13.9. The second-order valence-corrected chi connectivity index (χ2v) is 7.39. The van der Waals surface area contributed by atoms with Crippen molar-refractivity contribution in [2.24, 2.45) is 7.05 Å². The van der Waals surface area contributed by atoms with Crippen molar-refractivity contribution in [3.05, 3.63) is 63.6 Å². The fraction of sp³-hybridized carbons (Fsp3) is 0.222. The highest BCUT2D eigenvalue weighted by Gasteiger charge is 2.30. The normalized spacial score (nSPS) is 11.6. The average Bonchev–Trinajstić information content (AvgIpc) is 2.92. The predicted molar refractivity (Wildman–Crippen MR) is 99.2 cm³/mol. The number of hydrogen-bond donors (Lipinski definition) is 0. The van der Waals surface area contributed by atoms with E-state index < -0.39 is 5.60 Å². The van der Waals surface area contributed by atoms with Crippen molar-refractivity contribution in [3.8, 4) is 17.1 Å². The summed E-state index contributed by atoms with van der Waals surface area (Å²) in [5.41, 5.74) is 0.0327. The van der Waals surface area contributed by atoms with E-state index in [2.05, 4.69) is 26.1 Å². The third-order valence-electron chi connectivity index (χ3n) is 3.77. The molecule has 2 aromatic carbocycles. The van der Waals surface area contributed by atoms with Gasteiger partial charge in [-0.25, -0.2) is 4.39 Å². The lowest BCUT2D eigenvalue weighted by molar-refractivity contribution is 0.0950. The Hall–Kier alpha value is -1.92. The summed E-state index contributed by atoms with van der Waals surface area (Å²) in [6.45, 7) is 3.82. The third kappa shape index (κ3) is 3.70. The van der Waals surface area contributed by atoms with Gasteiger partial charge in [0.1, 0.15) is 11.6 Å². The van der Waals surface area contributed by atoms with Gasteiger partial charge in [-0.1, -0.05) is 11.6 Å². The van der Waals surface area contributed by atoms with E-state index in [9.17, 15) is 4.39 Å². The fourth-order valence-electron chi connectivity index (χ4n) is 2.60. The first kappa shape index (κ1) is 17.9. The van der Waals surface area contributed by atoms with Gasteiger partial charge in [0.2, 0.25) is 0 Å². The Morgan fingerprint density at radius 3 is 2.44 bits per heavy atom. The Morgan fingerprint density at radius 2 is 1.80 bits per heavy atom. The molecule has 0 fully saturated rings. The quantitative estimate of drug-likeness (QED) is 0.567. The molecule has 0 aliphatic heterocycles. The van der Waals surface area contributed by atoms with Crippen molar-refractivity contribution in [3.63, 3.8) is 0 Å². The molecular weight excluding hydrogens is 409 g/mol. The number of halogens is 3. The standard InChI is InChI=1S/C18H16BrClFN3O/c1-18(2,25-13-7-4-11(20)5-8-13)17-23-22-16(24(17)3)14-9-6-12(21)10-15(14)19/h4-10H,1-3H3. The van der Waals surface area contributed by atoms with E-state index in [-0.39, 0.29) is 5.82 Å². The molecule has 0 N–H and O–H groups in total. The average molecular weight is 425 g/mol. The summed E-state index contributed by atoms with van der Waals surface area (Å²) in [5.74, 6) is 1.63. The molecule has 0 saturated heterocycles. The van der Waals surface area contributed by atoms with Crippen molar-refractivity contribution in [2.75, 3.05) is 0 Å². The maximum Gasteiger partial charge on any atom is 0.176 e. The summed E-state index contributed by atoms with van der Waals surface area (Å²) in [7, 11) is 1.85. The zero-order chi connectivity index (χ0) is 18.2. The second-order valence-electron chi connectivity index (χ2n) is 6.10. The molecule has 0 unspecified atom stereocenters. The Labute approximate surface area is 158 Å². The van der Waals surface area contributed by atoms with Gasteiger partial charge in [-0.2, -0.15) is 0 Å². The Balaban J connectivity index is 1.95. The summed E-state index contributed by atoms with van der Waals surface area (Å²) >= 11 is 9.28. The van der Waals surface area contributed by atoms with Crippen LogP contribution in [0.15, 0.2) is 46.9 Å². The summed E-state index contributed by atoms with van der Waals surface area (Å²) in [5, 5.41) is 9.19. The van der Waals surface area contributed by atoms with Crippen molar-refractivity contribution in [1.82, 2.24) is 14.8 Å². The molecule has 3 rings (SSSR count). The highest BCUT2D eigenvalue weighted by atomic mass is 79.9. The van der Waals surface area contributed by atoms with E-state index in [1.54, 1.807) is 30.3 Å². The van der Waals surface area contributed by atoms with Crippen molar-refractivity contribution in [1.29, 1.82) is 0 Å². The summed E-state index contributed by atoms with van der Waals surface area (Å²) < 4.78 is 21.9. The molecule has 1 heterocycles. The summed E-state index contributed by atoms with van der Waals surface area (Å²) in [6.07, 6.45) is 0. The van der Waals surface area contributed by atoms with Crippen molar-refractivity contribution < 1.29 is 9.13 Å². The molecule has 0 amide bonds. The first-order chi connectivity index (χ1) is 11.8. The molecule has 3 aromatic rings. The van der Waals surface area contributed by atoms with Crippen LogP contribution in [0.1, 0.15) is 19.7 Å². The molecule has 0 aliphatic carbocycles. The van der Waals surface area contributed by atoms with Gasteiger partial charge in [0.15, 0.2) is 17.2 Å². The number of aromatic nitrogens is 3. The van der Waals surface area contributed by atoms with Crippen LogP contribution >= 0.6 is 27.5 Å². The Kier molecular flexibility index (Phi) is 4.84. The minimum absolute atomic E-state index is 0.315. The molecule has 0 saturated carbocycles. The van der Waals surface area contributed by atoms with E-state index in [1.807, 2.05) is 25.5 Å². The molecule has 7 heteroatoms.